The summed E-state index contributed by atoms with van der Waals surface area (Å²) >= 11 is 0. The number of benzene rings is 1. The average Bonchev–Trinajstić information content (AvgIpc) is 2.74. The Bertz CT molecular complexity index is 943. The highest BCUT2D eigenvalue weighted by Gasteiger charge is 2.28. The van der Waals surface area contributed by atoms with E-state index in [-0.39, 0.29) is 23.3 Å². The molecular formula is C22H30N4O3. The molecule has 2 aromatic rings. The van der Waals surface area contributed by atoms with Gasteiger partial charge in [0.25, 0.3) is 11.5 Å². The van der Waals surface area contributed by atoms with Crippen LogP contribution in [0.5, 0.6) is 0 Å². The van der Waals surface area contributed by atoms with Crippen molar-refractivity contribution >= 4 is 22.6 Å². The van der Waals surface area contributed by atoms with Gasteiger partial charge in [-0.3, -0.25) is 14.4 Å². The van der Waals surface area contributed by atoms with Crippen LogP contribution >= 0.6 is 0 Å². The lowest BCUT2D eigenvalue weighted by Gasteiger charge is -2.35. The minimum absolute atomic E-state index is 0.0467. The van der Waals surface area contributed by atoms with Crippen LogP contribution in [-0.4, -0.2) is 57.6 Å². The Morgan fingerprint density at radius 1 is 1.00 bits per heavy atom. The number of carbonyl (C=O) groups excluding carboxylic acids is 2. The second-order valence-corrected chi connectivity index (χ2v) is 7.90. The van der Waals surface area contributed by atoms with E-state index in [1.54, 1.807) is 17.0 Å². The zero-order valence-electron chi connectivity index (χ0n) is 17.6. The van der Waals surface area contributed by atoms with Gasteiger partial charge in [-0.25, -0.2) is 4.68 Å². The molecule has 0 unspecified atom stereocenters. The molecule has 1 aromatic carbocycles. The van der Waals surface area contributed by atoms with Crippen LogP contribution in [0, 0.1) is 5.92 Å². The van der Waals surface area contributed by atoms with Gasteiger partial charge in [-0.05, 0) is 12.5 Å². The lowest BCUT2D eigenvalue weighted by molar-refractivity contribution is -0.135. The van der Waals surface area contributed by atoms with Gasteiger partial charge in [-0.2, -0.15) is 5.10 Å². The molecule has 2 heterocycles. The molecule has 0 radical (unpaired) electrons. The van der Waals surface area contributed by atoms with Gasteiger partial charge in [0.05, 0.1) is 5.39 Å². The Morgan fingerprint density at radius 2 is 1.62 bits per heavy atom. The van der Waals surface area contributed by atoms with E-state index in [1.807, 2.05) is 30.9 Å². The van der Waals surface area contributed by atoms with Crippen LogP contribution in [-0.2, 0) is 11.3 Å². The number of hydrogen-bond acceptors (Lipinski definition) is 4. The Balaban J connectivity index is 1.87. The van der Waals surface area contributed by atoms with Crippen molar-refractivity contribution in [1.29, 1.82) is 0 Å². The van der Waals surface area contributed by atoms with Crippen molar-refractivity contribution in [2.24, 2.45) is 5.92 Å². The molecule has 29 heavy (non-hydrogen) atoms. The largest absolute Gasteiger partial charge is 0.339 e. The molecule has 0 aliphatic carbocycles. The molecule has 0 atom stereocenters. The molecule has 1 saturated heterocycles. The molecule has 1 aliphatic heterocycles. The SMILES string of the molecule is CCCCCn1nc(C(=O)N2CCN(C(=O)C(C)C)CC2)c2ccccc2c1=O. The average molecular weight is 399 g/mol. The summed E-state index contributed by atoms with van der Waals surface area (Å²) in [7, 11) is 0. The minimum atomic E-state index is -0.179. The predicted molar refractivity (Wildman–Crippen MR) is 113 cm³/mol. The van der Waals surface area contributed by atoms with Crippen LogP contribution in [0.2, 0.25) is 0 Å². The second kappa shape index (κ2) is 9.20. The van der Waals surface area contributed by atoms with Crippen molar-refractivity contribution in [2.45, 2.75) is 46.6 Å². The third-order valence-electron chi connectivity index (χ3n) is 5.42. The first kappa shape index (κ1) is 21.0. The van der Waals surface area contributed by atoms with E-state index in [1.165, 1.54) is 4.68 Å². The Hall–Kier alpha value is -2.70. The summed E-state index contributed by atoms with van der Waals surface area (Å²) in [4.78, 5) is 41.8. The van der Waals surface area contributed by atoms with Crippen LogP contribution in [0.4, 0.5) is 0 Å². The normalized spacial score (nSPS) is 14.6. The third-order valence-corrected chi connectivity index (χ3v) is 5.42. The molecular weight excluding hydrogens is 368 g/mol. The van der Waals surface area contributed by atoms with Gasteiger partial charge < -0.3 is 9.80 Å². The van der Waals surface area contributed by atoms with Crippen molar-refractivity contribution in [3.8, 4) is 0 Å². The molecule has 7 nitrogen and oxygen atoms in total. The van der Waals surface area contributed by atoms with Crippen LogP contribution in [0.25, 0.3) is 10.8 Å². The smallest absolute Gasteiger partial charge is 0.275 e. The zero-order chi connectivity index (χ0) is 21.0. The summed E-state index contributed by atoms with van der Waals surface area (Å²) in [5.41, 5.74) is 0.168. The maximum Gasteiger partial charge on any atom is 0.275 e. The summed E-state index contributed by atoms with van der Waals surface area (Å²) in [5.74, 6) is -0.109. The number of piperazine rings is 1. The maximum absolute atomic E-state index is 13.3. The number of amides is 2. The van der Waals surface area contributed by atoms with Crippen LogP contribution in [0.1, 0.15) is 50.5 Å². The minimum Gasteiger partial charge on any atom is -0.339 e. The molecule has 0 bridgehead atoms. The number of unbranched alkanes of at least 4 members (excludes halogenated alkanes) is 2. The lowest BCUT2D eigenvalue weighted by Crippen LogP contribution is -2.51. The topological polar surface area (TPSA) is 75.5 Å². The van der Waals surface area contributed by atoms with Crippen LogP contribution in [0.3, 0.4) is 0 Å². The van der Waals surface area contributed by atoms with E-state index >= 15 is 0 Å². The Kier molecular flexibility index (Phi) is 6.67. The van der Waals surface area contributed by atoms with Crippen molar-refractivity contribution in [3.63, 3.8) is 0 Å². The fraction of sp³-hybridized carbons (Fsp3) is 0.545. The van der Waals surface area contributed by atoms with Crippen LogP contribution < -0.4 is 5.56 Å². The van der Waals surface area contributed by atoms with E-state index < -0.39 is 0 Å². The van der Waals surface area contributed by atoms with Gasteiger partial charge in [-0.1, -0.05) is 51.8 Å². The Morgan fingerprint density at radius 3 is 2.24 bits per heavy atom. The lowest BCUT2D eigenvalue weighted by atomic mass is 10.1. The highest BCUT2D eigenvalue weighted by molar-refractivity contribution is 6.04. The molecule has 0 spiro atoms. The van der Waals surface area contributed by atoms with Crippen molar-refractivity contribution < 1.29 is 9.59 Å². The van der Waals surface area contributed by atoms with Crippen LogP contribution in [0.15, 0.2) is 29.1 Å². The van der Waals surface area contributed by atoms with Gasteiger partial charge in [0, 0.05) is 44.0 Å². The summed E-state index contributed by atoms with van der Waals surface area (Å²) < 4.78 is 1.43. The molecule has 2 amide bonds. The number of fused-ring (bicyclic) bond motifs is 1. The molecule has 1 aromatic heterocycles. The quantitative estimate of drug-likeness (QED) is 0.701. The van der Waals surface area contributed by atoms with Gasteiger partial charge in [-0.15, -0.1) is 0 Å². The second-order valence-electron chi connectivity index (χ2n) is 7.90. The number of rotatable bonds is 6. The van der Waals surface area contributed by atoms with E-state index in [0.717, 1.165) is 19.3 Å². The molecule has 0 saturated carbocycles. The summed E-state index contributed by atoms with van der Waals surface area (Å²) in [6, 6.07) is 7.17. The van der Waals surface area contributed by atoms with E-state index in [0.29, 0.717) is 49.2 Å². The number of hydrogen-bond donors (Lipinski definition) is 0. The molecule has 0 N–H and O–H groups in total. The van der Waals surface area contributed by atoms with Gasteiger partial charge in [0.2, 0.25) is 5.91 Å². The molecule has 156 valence electrons. The Labute approximate surface area is 171 Å². The van der Waals surface area contributed by atoms with Gasteiger partial charge in [0.15, 0.2) is 5.69 Å². The summed E-state index contributed by atoms with van der Waals surface area (Å²) in [6.07, 6.45) is 2.91. The fourth-order valence-electron chi connectivity index (χ4n) is 3.70. The van der Waals surface area contributed by atoms with Crippen molar-refractivity contribution in [2.75, 3.05) is 26.2 Å². The van der Waals surface area contributed by atoms with Gasteiger partial charge >= 0.3 is 0 Å². The number of nitrogens with zero attached hydrogens (tertiary/aromatic N) is 4. The summed E-state index contributed by atoms with van der Waals surface area (Å²) in [5, 5.41) is 5.58. The van der Waals surface area contributed by atoms with E-state index in [4.69, 9.17) is 0 Å². The number of aryl methyl sites for hydroxylation is 1. The first-order valence-corrected chi connectivity index (χ1v) is 10.5. The van der Waals surface area contributed by atoms with Crippen molar-refractivity contribution in [3.05, 3.63) is 40.3 Å². The number of carbonyl (C=O) groups is 2. The molecule has 1 aliphatic rings. The highest BCUT2D eigenvalue weighted by atomic mass is 16.2. The first-order chi connectivity index (χ1) is 13.9. The summed E-state index contributed by atoms with van der Waals surface area (Å²) in [6.45, 7) is 8.39. The fourth-order valence-corrected chi connectivity index (χ4v) is 3.70. The van der Waals surface area contributed by atoms with Gasteiger partial charge in [0.1, 0.15) is 0 Å². The van der Waals surface area contributed by atoms with Crippen molar-refractivity contribution in [1.82, 2.24) is 19.6 Å². The maximum atomic E-state index is 13.3. The standard InChI is InChI=1S/C22H30N4O3/c1-4-5-8-11-26-21(28)18-10-7-6-9-17(18)19(23-26)22(29)25-14-12-24(13-15-25)20(27)16(2)3/h6-7,9-10,16H,4-5,8,11-15H2,1-3H3. The third kappa shape index (κ3) is 4.49. The molecule has 7 heteroatoms. The number of aromatic nitrogens is 2. The highest BCUT2D eigenvalue weighted by Crippen LogP contribution is 2.17. The molecule has 1 fully saturated rings. The van der Waals surface area contributed by atoms with E-state index in [9.17, 15) is 14.4 Å². The monoisotopic (exact) mass is 398 g/mol. The predicted octanol–water partition coefficient (Wildman–Crippen LogP) is 2.53. The molecule has 3 rings (SSSR count). The first-order valence-electron chi connectivity index (χ1n) is 10.5. The van der Waals surface area contributed by atoms with E-state index in [2.05, 4.69) is 12.0 Å². The zero-order valence-corrected chi connectivity index (χ0v) is 17.6.